The Labute approximate surface area is 69.5 Å². The molecule has 0 atom stereocenters. The average Bonchev–Trinajstić information content (AvgIpc) is 2.03. The summed E-state index contributed by atoms with van der Waals surface area (Å²) in [5.41, 5.74) is 0. The molecule has 0 saturated carbocycles. The molecule has 0 spiro atoms. The first kappa shape index (κ1) is 10.4. The molecular formula is C10H18O. The number of rotatable bonds is 6. The van der Waals surface area contributed by atoms with E-state index in [2.05, 4.69) is 20.4 Å². The van der Waals surface area contributed by atoms with Crippen molar-refractivity contribution in [2.75, 3.05) is 0 Å². The highest BCUT2D eigenvalue weighted by molar-refractivity contribution is 5.80. The highest BCUT2D eigenvalue weighted by Crippen LogP contribution is 2.11. The first-order chi connectivity index (χ1) is 5.26. The molecule has 0 rings (SSSR count). The Kier molecular flexibility index (Phi) is 5.81. The van der Waals surface area contributed by atoms with Gasteiger partial charge in [0, 0.05) is 12.3 Å². The molecule has 0 bridgehead atoms. The fourth-order valence-electron chi connectivity index (χ4n) is 1.19. The van der Waals surface area contributed by atoms with Crippen LogP contribution in [0.4, 0.5) is 0 Å². The van der Waals surface area contributed by atoms with Crippen LogP contribution in [0.25, 0.3) is 0 Å². The van der Waals surface area contributed by atoms with Crippen molar-refractivity contribution in [3.05, 3.63) is 12.7 Å². The van der Waals surface area contributed by atoms with Gasteiger partial charge in [-0.1, -0.05) is 19.9 Å². The van der Waals surface area contributed by atoms with Crippen molar-refractivity contribution in [3.8, 4) is 0 Å². The van der Waals surface area contributed by atoms with Crippen LogP contribution in [-0.4, -0.2) is 5.78 Å². The normalized spacial score (nSPS) is 10.1. The molecule has 1 heteroatoms. The summed E-state index contributed by atoms with van der Waals surface area (Å²) in [6.07, 6.45) is 5.27. The molecule has 0 aliphatic heterocycles. The Morgan fingerprint density at radius 1 is 1.45 bits per heavy atom. The predicted molar refractivity (Wildman–Crippen MR) is 48.5 cm³/mol. The van der Waals surface area contributed by atoms with Crippen LogP contribution in [0, 0.1) is 5.92 Å². The third kappa shape index (κ3) is 3.97. The van der Waals surface area contributed by atoms with Crippen LogP contribution in [0.3, 0.4) is 0 Å². The van der Waals surface area contributed by atoms with E-state index in [-0.39, 0.29) is 5.92 Å². The second kappa shape index (κ2) is 6.14. The maximum Gasteiger partial charge on any atom is 0.136 e. The first-order valence-electron chi connectivity index (χ1n) is 4.39. The zero-order valence-corrected chi connectivity index (χ0v) is 7.60. The molecule has 0 aromatic heterocycles. The molecule has 0 aromatic rings. The zero-order valence-electron chi connectivity index (χ0n) is 7.60. The minimum atomic E-state index is 0.287. The fourth-order valence-corrected chi connectivity index (χ4v) is 1.19. The highest BCUT2D eigenvalue weighted by Gasteiger charge is 2.11. The number of hydrogen-bond acceptors (Lipinski definition) is 1. The lowest BCUT2D eigenvalue weighted by atomic mass is 9.95. The van der Waals surface area contributed by atoms with E-state index in [9.17, 15) is 4.79 Å². The van der Waals surface area contributed by atoms with E-state index < -0.39 is 0 Å². The Bertz CT molecular complexity index is 123. The molecule has 0 aliphatic carbocycles. The van der Waals surface area contributed by atoms with Crippen molar-refractivity contribution in [1.29, 1.82) is 0 Å². The molecule has 0 fully saturated rings. The van der Waals surface area contributed by atoms with Crippen LogP contribution in [0.2, 0.25) is 0 Å². The molecular weight excluding hydrogens is 136 g/mol. The number of carbonyl (C=O) groups excluding carboxylic acids is 1. The van der Waals surface area contributed by atoms with E-state index in [4.69, 9.17) is 0 Å². The number of ketones is 1. The number of carbonyl (C=O) groups is 1. The van der Waals surface area contributed by atoms with Crippen molar-refractivity contribution in [2.45, 2.75) is 39.5 Å². The molecule has 1 nitrogen and oxygen atoms in total. The molecule has 11 heavy (non-hydrogen) atoms. The third-order valence-electron chi connectivity index (χ3n) is 2.04. The summed E-state index contributed by atoms with van der Waals surface area (Å²) < 4.78 is 0. The summed E-state index contributed by atoms with van der Waals surface area (Å²) in [5, 5.41) is 0. The fraction of sp³-hybridized carbons (Fsp3) is 0.700. The Morgan fingerprint density at radius 2 is 2.00 bits per heavy atom. The standard InChI is InChI=1S/C10H18O/c1-4-7-8-10(11)9(5-2)6-3/h4,9H,1,5-8H2,2-3H3. The van der Waals surface area contributed by atoms with E-state index >= 15 is 0 Å². The molecule has 0 aromatic carbocycles. The predicted octanol–water partition coefficient (Wildman–Crippen LogP) is 2.96. The molecule has 0 saturated heterocycles. The van der Waals surface area contributed by atoms with E-state index in [1.54, 1.807) is 6.08 Å². The second-order valence-electron chi connectivity index (χ2n) is 2.81. The molecule has 0 unspecified atom stereocenters. The van der Waals surface area contributed by atoms with Crippen molar-refractivity contribution >= 4 is 5.78 Å². The maximum absolute atomic E-state index is 11.3. The van der Waals surface area contributed by atoms with Crippen LogP contribution in [0.5, 0.6) is 0 Å². The number of allylic oxidation sites excluding steroid dienone is 1. The van der Waals surface area contributed by atoms with Gasteiger partial charge in [0.2, 0.25) is 0 Å². The van der Waals surface area contributed by atoms with Crippen molar-refractivity contribution in [3.63, 3.8) is 0 Å². The second-order valence-corrected chi connectivity index (χ2v) is 2.81. The van der Waals surface area contributed by atoms with E-state index in [0.717, 1.165) is 19.3 Å². The summed E-state index contributed by atoms with van der Waals surface area (Å²) in [4.78, 5) is 11.3. The van der Waals surface area contributed by atoms with Crippen LogP contribution in [-0.2, 0) is 4.79 Å². The van der Waals surface area contributed by atoms with Crippen LogP contribution in [0.15, 0.2) is 12.7 Å². The lowest BCUT2D eigenvalue weighted by molar-refractivity contribution is -0.122. The molecule has 0 radical (unpaired) electrons. The maximum atomic E-state index is 11.3. The van der Waals surface area contributed by atoms with Crippen molar-refractivity contribution in [1.82, 2.24) is 0 Å². The molecule has 0 aliphatic rings. The van der Waals surface area contributed by atoms with E-state index in [1.165, 1.54) is 0 Å². The van der Waals surface area contributed by atoms with Gasteiger partial charge >= 0.3 is 0 Å². The lowest BCUT2D eigenvalue weighted by Gasteiger charge is -2.08. The van der Waals surface area contributed by atoms with Gasteiger partial charge in [-0.3, -0.25) is 4.79 Å². The number of Topliss-reactive ketones (excluding diaryl/α,β-unsaturated/α-hetero) is 1. The Balaban J connectivity index is 3.69. The van der Waals surface area contributed by atoms with Crippen molar-refractivity contribution < 1.29 is 4.79 Å². The summed E-state index contributed by atoms with van der Waals surface area (Å²) >= 11 is 0. The monoisotopic (exact) mass is 154 g/mol. The molecule has 0 N–H and O–H groups in total. The smallest absolute Gasteiger partial charge is 0.136 e. The van der Waals surface area contributed by atoms with Gasteiger partial charge in [0.1, 0.15) is 5.78 Å². The number of hydrogen-bond donors (Lipinski definition) is 0. The van der Waals surface area contributed by atoms with Gasteiger partial charge in [-0.15, -0.1) is 6.58 Å². The summed E-state index contributed by atoms with van der Waals surface area (Å²) in [6, 6.07) is 0. The van der Waals surface area contributed by atoms with E-state index in [1.807, 2.05) is 0 Å². The van der Waals surface area contributed by atoms with Gasteiger partial charge in [0.25, 0.3) is 0 Å². The lowest BCUT2D eigenvalue weighted by Crippen LogP contribution is -2.11. The Morgan fingerprint density at radius 3 is 2.36 bits per heavy atom. The zero-order chi connectivity index (χ0) is 8.69. The van der Waals surface area contributed by atoms with Gasteiger partial charge < -0.3 is 0 Å². The van der Waals surface area contributed by atoms with Gasteiger partial charge in [0.05, 0.1) is 0 Å². The van der Waals surface area contributed by atoms with Crippen molar-refractivity contribution in [2.24, 2.45) is 5.92 Å². The minimum Gasteiger partial charge on any atom is -0.299 e. The van der Waals surface area contributed by atoms with Crippen LogP contribution >= 0.6 is 0 Å². The Hall–Kier alpha value is -0.590. The molecule has 0 amide bonds. The van der Waals surface area contributed by atoms with Crippen LogP contribution in [0.1, 0.15) is 39.5 Å². The highest BCUT2D eigenvalue weighted by atomic mass is 16.1. The minimum absolute atomic E-state index is 0.287. The molecule has 0 heterocycles. The average molecular weight is 154 g/mol. The first-order valence-corrected chi connectivity index (χ1v) is 4.39. The van der Waals surface area contributed by atoms with Crippen LogP contribution < -0.4 is 0 Å². The van der Waals surface area contributed by atoms with Gasteiger partial charge in [-0.2, -0.15) is 0 Å². The molecule has 64 valence electrons. The van der Waals surface area contributed by atoms with Gasteiger partial charge in [-0.05, 0) is 19.3 Å². The summed E-state index contributed by atoms with van der Waals surface area (Å²) in [5.74, 6) is 0.685. The topological polar surface area (TPSA) is 17.1 Å². The SMILES string of the molecule is C=CCCC(=O)C(CC)CC. The summed E-state index contributed by atoms with van der Waals surface area (Å²) in [6.45, 7) is 7.73. The van der Waals surface area contributed by atoms with Gasteiger partial charge in [0.15, 0.2) is 0 Å². The third-order valence-corrected chi connectivity index (χ3v) is 2.04. The van der Waals surface area contributed by atoms with Gasteiger partial charge in [-0.25, -0.2) is 0 Å². The largest absolute Gasteiger partial charge is 0.299 e. The van der Waals surface area contributed by atoms with E-state index in [0.29, 0.717) is 12.2 Å². The quantitative estimate of drug-likeness (QED) is 0.537. The summed E-state index contributed by atoms with van der Waals surface area (Å²) in [7, 11) is 0.